The fourth-order valence-electron chi connectivity index (χ4n) is 3.42. The van der Waals surface area contributed by atoms with Gasteiger partial charge in [-0.2, -0.15) is 0 Å². The first kappa shape index (κ1) is 13.8. The van der Waals surface area contributed by atoms with Gasteiger partial charge in [-0.3, -0.25) is 0 Å². The molecule has 2 aliphatic rings. The Morgan fingerprint density at radius 3 is 3.15 bits per heavy atom. The molecular formula is C15H25N5. The molecule has 110 valence electrons. The van der Waals surface area contributed by atoms with Crippen molar-refractivity contribution >= 4 is 5.82 Å². The quantitative estimate of drug-likeness (QED) is 0.884. The first-order valence-electron chi connectivity index (χ1n) is 7.75. The second-order valence-electron chi connectivity index (χ2n) is 5.98. The molecule has 5 nitrogen and oxygen atoms in total. The highest BCUT2D eigenvalue weighted by Gasteiger charge is 2.24. The molecule has 20 heavy (non-hydrogen) atoms. The summed E-state index contributed by atoms with van der Waals surface area (Å²) in [5, 5.41) is 3.38. The van der Waals surface area contributed by atoms with Crippen molar-refractivity contribution in [2.75, 3.05) is 44.7 Å². The topological polar surface area (TPSA) is 44.3 Å². The van der Waals surface area contributed by atoms with Gasteiger partial charge in [0.2, 0.25) is 0 Å². The molecule has 3 rings (SSSR count). The lowest BCUT2D eigenvalue weighted by atomic mass is 10.1. The molecule has 0 amide bonds. The monoisotopic (exact) mass is 275 g/mol. The van der Waals surface area contributed by atoms with Crippen molar-refractivity contribution in [3.05, 3.63) is 17.6 Å². The smallest absolute Gasteiger partial charge is 0.135 e. The normalized spacial score (nSPS) is 22.8. The highest BCUT2D eigenvalue weighted by molar-refractivity contribution is 5.49. The lowest BCUT2D eigenvalue weighted by Gasteiger charge is -2.27. The summed E-state index contributed by atoms with van der Waals surface area (Å²) in [6.07, 6.45) is 4.07. The van der Waals surface area contributed by atoms with E-state index in [9.17, 15) is 0 Å². The van der Waals surface area contributed by atoms with Crippen molar-refractivity contribution in [1.82, 2.24) is 20.2 Å². The Balaban J connectivity index is 1.70. The maximum absolute atomic E-state index is 4.55. The van der Waals surface area contributed by atoms with Gasteiger partial charge < -0.3 is 15.1 Å². The van der Waals surface area contributed by atoms with Crippen molar-refractivity contribution in [1.29, 1.82) is 0 Å². The third-order valence-corrected chi connectivity index (χ3v) is 4.57. The largest absolute Gasteiger partial charge is 0.359 e. The summed E-state index contributed by atoms with van der Waals surface area (Å²) in [7, 11) is 2.18. The van der Waals surface area contributed by atoms with Crippen LogP contribution in [-0.2, 0) is 13.0 Å². The summed E-state index contributed by atoms with van der Waals surface area (Å²) in [6.45, 7) is 8.93. The van der Waals surface area contributed by atoms with Crippen molar-refractivity contribution in [3.8, 4) is 0 Å². The lowest BCUT2D eigenvalue weighted by molar-refractivity contribution is 0.343. The van der Waals surface area contributed by atoms with E-state index in [1.807, 2.05) is 0 Å². The predicted molar refractivity (Wildman–Crippen MR) is 80.9 cm³/mol. The SMILES string of the molecule is CCN1CC[C@H](CN(C)c2ncnc3c2CCNC3)C1. The maximum Gasteiger partial charge on any atom is 0.135 e. The Hall–Kier alpha value is -1.20. The molecule has 0 saturated carbocycles. The Morgan fingerprint density at radius 1 is 1.45 bits per heavy atom. The minimum Gasteiger partial charge on any atom is -0.359 e. The number of likely N-dealkylation sites (tertiary alicyclic amines) is 1. The number of nitrogens with zero attached hydrogens (tertiary/aromatic N) is 4. The molecule has 0 bridgehead atoms. The number of hydrogen-bond acceptors (Lipinski definition) is 5. The van der Waals surface area contributed by atoms with Gasteiger partial charge in [-0.1, -0.05) is 6.92 Å². The molecule has 1 aromatic heterocycles. The van der Waals surface area contributed by atoms with Gasteiger partial charge in [0.05, 0.1) is 5.69 Å². The standard InChI is InChI=1S/C15H25N5/c1-3-20-7-5-12(10-20)9-19(2)15-13-4-6-16-8-14(13)17-11-18-15/h11-12,16H,3-10H2,1-2H3/t12-/m1/s1. The van der Waals surface area contributed by atoms with Gasteiger partial charge in [0.15, 0.2) is 0 Å². The highest BCUT2D eigenvalue weighted by Crippen LogP contribution is 2.24. The third kappa shape index (κ3) is 2.79. The zero-order valence-corrected chi connectivity index (χ0v) is 12.6. The van der Waals surface area contributed by atoms with E-state index in [4.69, 9.17) is 0 Å². The first-order chi connectivity index (χ1) is 9.78. The zero-order valence-electron chi connectivity index (χ0n) is 12.6. The van der Waals surface area contributed by atoms with Crippen LogP contribution in [0.3, 0.4) is 0 Å². The van der Waals surface area contributed by atoms with Gasteiger partial charge in [-0.25, -0.2) is 9.97 Å². The van der Waals surface area contributed by atoms with E-state index in [1.165, 1.54) is 37.3 Å². The van der Waals surface area contributed by atoms with Gasteiger partial charge in [-0.05, 0) is 38.4 Å². The Kier molecular flexibility index (Phi) is 4.17. The van der Waals surface area contributed by atoms with Crippen LogP contribution in [0.1, 0.15) is 24.6 Å². The van der Waals surface area contributed by atoms with Gasteiger partial charge in [0.25, 0.3) is 0 Å². The van der Waals surface area contributed by atoms with Crippen LogP contribution in [0, 0.1) is 5.92 Å². The van der Waals surface area contributed by atoms with E-state index < -0.39 is 0 Å². The van der Waals surface area contributed by atoms with Crippen molar-refractivity contribution in [2.24, 2.45) is 5.92 Å². The summed E-state index contributed by atoms with van der Waals surface area (Å²) in [4.78, 5) is 13.8. The molecule has 0 spiro atoms. The number of anilines is 1. The van der Waals surface area contributed by atoms with E-state index in [0.717, 1.165) is 37.8 Å². The lowest BCUT2D eigenvalue weighted by Crippen LogP contribution is -2.32. The molecule has 1 N–H and O–H groups in total. The number of fused-ring (bicyclic) bond motifs is 1. The van der Waals surface area contributed by atoms with E-state index in [-0.39, 0.29) is 0 Å². The molecule has 1 saturated heterocycles. The van der Waals surface area contributed by atoms with Crippen LogP contribution in [0.15, 0.2) is 6.33 Å². The first-order valence-corrected chi connectivity index (χ1v) is 7.75. The van der Waals surface area contributed by atoms with Crippen LogP contribution >= 0.6 is 0 Å². The fourth-order valence-corrected chi connectivity index (χ4v) is 3.42. The Labute approximate surface area is 121 Å². The summed E-state index contributed by atoms with van der Waals surface area (Å²) >= 11 is 0. The molecular weight excluding hydrogens is 250 g/mol. The summed E-state index contributed by atoms with van der Waals surface area (Å²) in [5.41, 5.74) is 2.52. The number of rotatable bonds is 4. The van der Waals surface area contributed by atoms with Crippen LogP contribution in [0.4, 0.5) is 5.82 Å². The summed E-state index contributed by atoms with van der Waals surface area (Å²) in [6, 6.07) is 0. The van der Waals surface area contributed by atoms with Crippen LogP contribution in [0.5, 0.6) is 0 Å². The number of hydrogen-bond donors (Lipinski definition) is 1. The molecule has 1 atom stereocenters. The van der Waals surface area contributed by atoms with Gasteiger partial charge in [0.1, 0.15) is 12.1 Å². The summed E-state index contributed by atoms with van der Waals surface area (Å²) < 4.78 is 0. The molecule has 2 aliphatic heterocycles. The van der Waals surface area contributed by atoms with E-state index >= 15 is 0 Å². The van der Waals surface area contributed by atoms with E-state index in [0.29, 0.717) is 0 Å². The van der Waals surface area contributed by atoms with Gasteiger partial charge in [-0.15, -0.1) is 0 Å². The molecule has 3 heterocycles. The predicted octanol–water partition coefficient (Wildman–Crippen LogP) is 0.900. The van der Waals surface area contributed by atoms with Crippen molar-refractivity contribution in [2.45, 2.75) is 26.3 Å². The molecule has 0 radical (unpaired) electrons. The second-order valence-corrected chi connectivity index (χ2v) is 5.98. The van der Waals surface area contributed by atoms with Crippen LogP contribution in [0.2, 0.25) is 0 Å². The van der Waals surface area contributed by atoms with Gasteiger partial charge >= 0.3 is 0 Å². The fraction of sp³-hybridized carbons (Fsp3) is 0.733. The molecule has 0 unspecified atom stereocenters. The van der Waals surface area contributed by atoms with Crippen LogP contribution in [0.25, 0.3) is 0 Å². The highest BCUT2D eigenvalue weighted by atomic mass is 15.2. The second kappa shape index (κ2) is 6.06. The average molecular weight is 275 g/mol. The average Bonchev–Trinajstić information content (AvgIpc) is 2.94. The Bertz CT molecular complexity index is 462. The number of aromatic nitrogens is 2. The number of nitrogens with one attached hydrogen (secondary N) is 1. The van der Waals surface area contributed by atoms with Crippen LogP contribution in [-0.4, -0.2) is 54.6 Å². The third-order valence-electron chi connectivity index (χ3n) is 4.57. The minimum absolute atomic E-state index is 0.771. The Morgan fingerprint density at radius 2 is 2.35 bits per heavy atom. The molecule has 1 aromatic rings. The van der Waals surface area contributed by atoms with E-state index in [1.54, 1.807) is 6.33 Å². The van der Waals surface area contributed by atoms with Crippen molar-refractivity contribution in [3.63, 3.8) is 0 Å². The minimum atomic E-state index is 0.771. The summed E-state index contributed by atoms with van der Waals surface area (Å²) in [5.74, 6) is 1.92. The maximum atomic E-state index is 4.55. The molecule has 0 aliphatic carbocycles. The molecule has 5 heteroatoms. The van der Waals surface area contributed by atoms with Crippen molar-refractivity contribution < 1.29 is 0 Å². The van der Waals surface area contributed by atoms with E-state index in [2.05, 4.69) is 39.1 Å². The molecule has 1 fully saturated rings. The zero-order chi connectivity index (χ0) is 13.9. The van der Waals surface area contributed by atoms with Gasteiger partial charge in [0, 0.05) is 32.2 Å². The molecule has 0 aromatic carbocycles. The van der Waals surface area contributed by atoms with Crippen LogP contribution < -0.4 is 10.2 Å².